The average molecular weight is 423 g/mol. The van der Waals surface area contributed by atoms with Gasteiger partial charge in [-0.15, -0.1) is 0 Å². The highest BCUT2D eigenvalue weighted by Gasteiger charge is 2.43. The Hall–Kier alpha value is -2.62. The van der Waals surface area contributed by atoms with Gasteiger partial charge < -0.3 is 10.2 Å². The molecule has 0 fully saturated rings. The van der Waals surface area contributed by atoms with Gasteiger partial charge in [0, 0.05) is 5.41 Å². The Morgan fingerprint density at radius 2 is 1.10 bits per heavy atom. The number of carboxylic acid groups (broad SMARTS) is 2. The van der Waals surface area contributed by atoms with Crippen molar-refractivity contribution in [1.82, 2.24) is 0 Å². The lowest BCUT2D eigenvalue weighted by atomic mass is 9.70. The number of hydrogen-bond acceptors (Lipinski definition) is 2. The maximum Gasteiger partial charge on any atom is 0.335 e. The standard InChI is InChI=1S/C27H34O4/c1-3-5-7-9-15-27(16-10-8-6-4-2)23-17-19(25(28)29)11-13-21(23)22-14-12-20(26(30)31)18-24(22)27/h11-14,17-18H,3-10,15-16H2,1-2H3,(H,28,29)(H,30,31). The molecule has 0 amide bonds. The van der Waals surface area contributed by atoms with Crippen molar-refractivity contribution < 1.29 is 19.8 Å². The summed E-state index contributed by atoms with van der Waals surface area (Å²) in [5.74, 6) is -1.84. The quantitative estimate of drug-likeness (QED) is 0.352. The molecule has 0 unspecified atom stereocenters. The van der Waals surface area contributed by atoms with Gasteiger partial charge in [0.1, 0.15) is 0 Å². The average Bonchev–Trinajstić information content (AvgIpc) is 3.03. The lowest BCUT2D eigenvalue weighted by molar-refractivity contribution is 0.0686. The van der Waals surface area contributed by atoms with Gasteiger partial charge in [-0.05, 0) is 59.4 Å². The molecule has 0 saturated carbocycles. The zero-order chi connectivity index (χ0) is 22.4. The summed E-state index contributed by atoms with van der Waals surface area (Å²) in [6.45, 7) is 4.39. The van der Waals surface area contributed by atoms with Gasteiger partial charge in [-0.1, -0.05) is 77.3 Å². The van der Waals surface area contributed by atoms with Crippen LogP contribution in [0.25, 0.3) is 11.1 Å². The monoisotopic (exact) mass is 422 g/mol. The molecule has 0 atom stereocenters. The van der Waals surface area contributed by atoms with Crippen LogP contribution < -0.4 is 0 Å². The van der Waals surface area contributed by atoms with Crippen molar-refractivity contribution in [1.29, 1.82) is 0 Å². The molecule has 0 aromatic heterocycles. The highest BCUT2D eigenvalue weighted by Crippen LogP contribution is 2.54. The van der Waals surface area contributed by atoms with Gasteiger partial charge in [-0.25, -0.2) is 9.59 Å². The van der Waals surface area contributed by atoms with E-state index in [1.165, 1.54) is 12.8 Å². The van der Waals surface area contributed by atoms with Gasteiger partial charge in [0.2, 0.25) is 0 Å². The summed E-state index contributed by atoms with van der Waals surface area (Å²) >= 11 is 0. The molecular formula is C27H34O4. The van der Waals surface area contributed by atoms with E-state index in [2.05, 4.69) is 13.8 Å². The molecule has 0 aliphatic heterocycles. The van der Waals surface area contributed by atoms with E-state index < -0.39 is 11.9 Å². The molecule has 1 aliphatic rings. The van der Waals surface area contributed by atoms with Crippen LogP contribution in [0.4, 0.5) is 0 Å². The van der Waals surface area contributed by atoms with E-state index in [1.54, 1.807) is 12.1 Å². The molecular weight excluding hydrogens is 388 g/mol. The molecule has 2 aromatic carbocycles. The molecule has 4 nitrogen and oxygen atoms in total. The smallest absolute Gasteiger partial charge is 0.335 e. The molecule has 31 heavy (non-hydrogen) atoms. The first-order chi connectivity index (χ1) is 14.9. The molecule has 0 saturated heterocycles. The van der Waals surface area contributed by atoms with Crippen LogP contribution in [0.1, 0.15) is 110 Å². The number of benzene rings is 2. The molecule has 3 rings (SSSR count). The zero-order valence-corrected chi connectivity index (χ0v) is 18.7. The molecule has 1 aliphatic carbocycles. The first-order valence-corrected chi connectivity index (χ1v) is 11.7. The van der Waals surface area contributed by atoms with Crippen molar-refractivity contribution in [3.8, 4) is 11.1 Å². The van der Waals surface area contributed by atoms with Gasteiger partial charge in [0.05, 0.1) is 11.1 Å². The molecule has 0 spiro atoms. The van der Waals surface area contributed by atoms with Crippen molar-refractivity contribution >= 4 is 11.9 Å². The van der Waals surface area contributed by atoms with Gasteiger partial charge in [0.15, 0.2) is 0 Å². The Balaban J connectivity index is 2.14. The fourth-order valence-electron chi connectivity index (χ4n) is 5.13. The number of carboxylic acids is 2. The third kappa shape index (κ3) is 4.68. The van der Waals surface area contributed by atoms with E-state index in [1.807, 2.05) is 24.3 Å². The molecule has 2 N–H and O–H groups in total. The van der Waals surface area contributed by atoms with Crippen molar-refractivity contribution in [2.24, 2.45) is 0 Å². The number of hydrogen-bond donors (Lipinski definition) is 2. The number of fused-ring (bicyclic) bond motifs is 3. The SMILES string of the molecule is CCCCCCC1(CCCCCC)c2cc(C(=O)O)ccc2-c2ccc(C(=O)O)cc21. The second kappa shape index (κ2) is 10.1. The number of aromatic carboxylic acids is 2. The molecule has 4 heteroatoms. The molecule has 2 aromatic rings. The van der Waals surface area contributed by atoms with Gasteiger partial charge in [-0.3, -0.25) is 0 Å². The van der Waals surface area contributed by atoms with Crippen LogP contribution in [0.3, 0.4) is 0 Å². The van der Waals surface area contributed by atoms with Crippen LogP contribution >= 0.6 is 0 Å². The Kier molecular flexibility index (Phi) is 7.53. The van der Waals surface area contributed by atoms with Crippen molar-refractivity contribution in [2.75, 3.05) is 0 Å². The summed E-state index contributed by atoms with van der Waals surface area (Å²) in [5.41, 5.74) is 4.54. The maximum absolute atomic E-state index is 11.7. The summed E-state index contributed by atoms with van der Waals surface area (Å²) < 4.78 is 0. The van der Waals surface area contributed by atoms with E-state index in [0.717, 1.165) is 73.6 Å². The van der Waals surface area contributed by atoms with Gasteiger partial charge in [0.25, 0.3) is 0 Å². The van der Waals surface area contributed by atoms with Crippen LogP contribution in [-0.4, -0.2) is 22.2 Å². The second-order valence-corrected chi connectivity index (χ2v) is 8.83. The fourth-order valence-corrected chi connectivity index (χ4v) is 5.13. The van der Waals surface area contributed by atoms with E-state index in [9.17, 15) is 19.8 Å². The van der Waals surface area contributed by atoms with Crippen molar-refractivity contribution in [3.05, 3.63) is 58.7 Å². The molecule has 0 heterocycles. The first kappa shape index (κ1) is 23.1. The third-order valence-corrected chi connectivity index (χ3v) is 6.77. The minimum Gasteiger partial charge on any atom is -0.478 e. The van der Waals surface area contributed by atoms with E-state index >= 15 is 0 Å². The molecule has 0 radical (unpaired) electrons. The topological polar surface area (TPSA) is 74.6 Å². The van der Waals surface area contributed by atoms with Gasteiger partial charge >= 0.3 is 11.9 Å². The Labute approximate surface area is 185 Å². The first-order valence-electron chi connectivity index (χ1n) is 11.7. The predicted octanol–water partition coefficient (Wildman–Crippen LogP) is 7.29. The largest absolute Gasteiger partial charge is 0.478 e. The summed E-state index contributed by atoms with van der Waals surface area (Å²) in [6, 6.07) is 10.9. The number of rotatable bonds is 12. The Morgan fingerprint density at radius 3 is 1.45 bits per heavy atom. The summed E-state index contributed by atoms with van der Waals surface area (Å²) in [5, 5.41) is 19.3. The second-order valence-electron chi connectivity index (χ2n) is 8.83. The van der Waals surface area contributed by atoms with Crippen LogP contribution in [-0.2, 0) is 5.41 Å². The summed E-state index contributed by atoms with van der Waals surface area (Å²) in [6.07, 6.45) is 10.9. The minimum atomic E-state index is -0.921. The normalized spacial score (nSPS) is 13.6. The number of carbonyl (C=O) groups is 2. The highest BCUT2D eigenvalue weighted by molar-refractivity contribution is 5.93. The Bertz CT molecular complexity index is 867. The Morgan fingerprint density at radius 1 is 0.677 bits per heavy atom. The van der Waals surface area contributed by atoms with Crippen LogP contribution in [0, 0.1) is 0 Å². The molecule has 0 bridgehead atoms. The van der Waals surface area contributed by atoms with Crippen LogP contribution in [0.2, 0.25) is 0 Å². The van der Waals surface area contributed by atoms with Crippen LogP contribution in [0.15, 0.2) is 36.4 Å². The lowest BCUT2D eigenvalue weighted by Gasteiger charge is -2.33. The highest BCUT2D eigenvalue weighted by atomic mass is 16.4. The van der Waals surface area contributed by atoms with Crippen molar-refractivity contribution in [2.45, 2.75) is 83.5 Å². The maximum atomic E-state index is 11.7. The predicted molar refractivity (Wildman–Crippen MR) is 124 cm³/mol. The lowest BCUT2D eigenvalue weighted by Crippen LogP contribution is -2.26. The van der Waals surface area contributed by atoms with Crippen molar-refractivity contribution in [3.63, 3.8) is 0 Å². The number of unbranched alkanes of at least 4 members (excludes halogenated alkanes) is 6. The third-order valence-electron chi connectivity index (χ3n) is 6.77. The van der Waals surface area contributed by atoms with E-state index in [4.69, 9.17) is 0 Å². The minimum absolute atomic E-state index is 0.302. The van der Waals surface area contributed by atoms with Crippen LogP contribution in [0.5, 0.6) is 0 Å². The summed E-state index contributed by atoms with van der Waals surface area (Å²) in [4.78, 5) is 23.5. The fraction of sp³-hybridized carbons (Fsp3) is 0.481. The molecule has 166 valence electrons. The zero-order valence-electron chi connectivity index (χ0n) is 18.7. The van der Waals surface area contributed by atoms with E-state index in [-0.39, 0.29) is 5.41 Å². The van der Waals surface area contributed by atoms with Gasteiger partial charge in [-0.2, -0.15) is 0 Å². The van der Waals surface area contributed by atoms with E-state index in [0.29, 0.717) is 11.1 Å². The summed E-state index contributed by atoms with van der Waals surface area (Å²) in [7, 11) is 0.